The summed E-state index contributed by atoms with van der Waals surface area (Å²) in [5.41, 5.74) is 3.09. The van der Waals surface area contributed by atoms with Gasteiger partial charge in [0.1, 0.15) is 0 Å². The molecule has 1 aromatic rings. The van der Waals surface area contributed by atoms with Crippen molar-refractivity contribution in [1.29, 1.82) is 0 Å². The van der Waals surface area contributed by atoms with E-state index in [0.29, 0.717) is 12.0 Å². The Hall–Kier alpha value is -1.34. The molecule has 0 N–H and O–H groups in total. The van der Waals surface area contributed by atoms with Gasteiger partial charge in [-0.2, -0.15) is 0 Å². The smallest absolute Gasteiger partial charge is 0.0326 e. The molecule has 1 heterocycles. The lowest BCUT2D eigenvalue weighted by Gasteiger charge is -2.46. The molecule has 1 aliphatic carbocycles. The predicted molar refractivity (Wildman–Crippen MR) is 109 cm³/mol. The Kier molecular flexibility index (Phi) is 6.53. The summed E-state index contributed by atoms with van der Waals surface area (Å²) in [6, 6.07) is 12.3. The fourth-order valence-corrected chi connectivity index (χ4v) is 5.06. The molecule has 0 radical (unpaired) electrons. The van der Waals surface area contributed by atoms with Crippen LogP contribution in [0.2, 0.25) is 0 Å². The highest BCUT2D eigenvalue weighted by molar-refractivity contribution is 5.25. The van der Waals surface area contributed by atoms with E-state index < -0.39 is 0 Å². The van der Waals surface area contributed by atoms with Gasteiger partial charge in [-0.3, -0.25) is 4.90 Å². The standard InChI is InChI=1S/C24H35N/c1-4-6-7-9-15-21-18-25(19(3)20-13-10-8-11-14-20)24-17-12-16-23(24)22(21)5-2/h5,8,10-11,13-15,19,22-24H,2,4,6-7,9,12,16-18H2,1,3H3/b21-15-/t19-,22+,23-,24-/m1/s1. The van der Waals surface area contributed by atoms with Crippen LogP contribution >= 0.6 is 0 Å². The van der Waals surface area contributed by atoms with E-state index in [-0.39, 0.29) is 0 Å². The van der Waals surface area contributed by atoms with Crippen molar-refractivity contribution in [3.63, 3.8) is 0 Å². The van der Waals surface area contributed by atoms with Crippen LogP contribution in [0.1, 0.15) is 70.4 Å². The van der Waals surface area contributed by atoms with Crippen LogP contribution in [0.25, 0.3) is 0 Å². The second-order valence-electron chi connectivity index (χ2n) is 7.96. The molecule has 0 aromatic heterocycles. The quantitative estimate of drug-likeness (QED) is 0.403. The maximum Gasteiger partial charge on any atom is 0.0326 e. The first-order chi connectivity index (χ1) is 12.3. The van der Waals surface area contributed by atoms with E-state index >= 15 is 0 Å². The van der Waals surface area contributed by atoms with Gasteiger partial charge in [-0.15, -0.1) is 6.58 Å². The zero-order valence-electron chi connectivity index (χ0n) is 16.2. The first-order valence-electron chi connectivity index (χ1n) is 10.4. The van der Waals surface area contributed by atoms with E-state index in [9.17, 15) is 0 Å². The molecular formula is C24H35N. The molecule has 2 aliphatic rings. The number of rotatable bonds is 7. The number of hydrogen-bond donors (Lipinski definition) is 0. The minimum Gasteiger partial charge on any atom is -0.289 e. The predicted octanol–water partition coefficient (Wildman–Crippen LogP) is 6.54. The summed E-state index contributed by atoms with van der Waals surface area (Å²) < 4.78 is 0. The first-order valence-corrected chi connectivity index (χ1v) is 10.4. The zero-order valence-corrected chi connectivity index (χ0v) is 16.2. The Morgan fingerprint density at radius 3 is 2.72 bits per heavy atom. The average Bonchev–Trinajstić information content (AvgIpc) is 3.14. The molecule has 0 bridgehead atoms. The fourth-order valence-electron chi connectivity index (χ4n) is 5.06. The minimum atomic E-state index is 0.497. The van der Waals surface area contributed by atoms with Gasteiger partial charge in [0.05, 0.1) is 0 Å². The molecule has 0 amide bonds. The van der Waals surface area contributed by atoms with Crippen molar-refractivity contribution in [3.05, 3.63) is 60.2 Å². The van der Waals surface area contributed by atoms with Crippen LogP contribution in [0.5, 0.6) is 0 Å². The number of hydrogen-bond acceptors (Lipinski definition) is 1. The van der Waals surface area contributed by atoms with Gasteiger partial charge in [0.2, 0.25) is 0 Å². The van der Waals surface area contributed by atoms with Gasteiger partial charge < -0.3 is 0 Å². The SMILES string of the molecule is C=C[C@H]1/C(=C\CCCCC)CN([C@H](C)c2ccccc2)[C@@H]2CCC[C@@H]21. The summed E-state index contributed by atoms with van der Waals surface area (Å²) in [6.07, 6.45) is 14.1. The number of unbranched alkanes of at least 4 members (excludes halogenated alkanes) is 3. The molecule has 1 saturated heterocycles. The minimum absolute atomic E-state index is 0.497. The molecule has 1 heteroatoms. The van der Waals surface area contributed by atoms with E-state index in [1.165, 1.54) is 50.5 Å². The second-order valence-corrected chi connectivity index (χ2v) is 7.96. The highest BCUT2D eigenvalue weighted by atomic mass is 15.2. The van der Waals surface area contributed by atoms with E-state index in [0.717, 1.165) is 18.5 Å². The number of fused-ring (bicyclic) bond motifs is 1. The highest BCUT2D eigenvalue weighted by Gasteiger charge is 2.43. The molecule has 0 spiro atoms. The van der Waals surface area contributed by atoms with Crippen molar-refractivity contribution >= 4 is 0 Å². The van der Waals surface area contributed by atoms with Gasteiger partial charge in [0.25, 0.3) is 0 Å². The lowest BCUT2D eigenvalue weighted by molar-refractivity contribution is 0.0835. The summed E-state index contributed by atoms with van der Waals surface area (Å²) in [6.45, 7) is 10.0. The van der Waals surface area contributed by atoms with Gasteiger partial charge >= 0.3 is 0 Å². The van der Waals surface area contributed by atoms with Gasteiger partial charge in [-0.05, 0) is 44.1 Å². The Morgan fingerprint density at radius 2 is 2.00 bits per heavy atom. The highest BCUT2D eigenvalue weighted by Crippen LogP contribution is 2.46. The number of allylic oxidation sites excluding steroid dienone is 2. The van der Waals surface area contributed by atoms with Gasteiger partial charge in [-0.1, -0.05) is 74.2 Å². The van der Waals surface area contributed by atoms with Crippen molar-refractivity contribution in [1.82, 2.24) is 4.90 Å². The van der Waals surface area contributed by atoms with Gasteiger partial charge in [0.15, 0.2) is 0 Å². The van der Waals surface area contributed by atoms with Crippen LogP contribution in [0.3, 0.4) is 0 Å². The van der Waals surface area contributed by atoms with Crippen LogP contribution in [-0.2, 0) is 0 Å². The largest absolute Gasteiger partial charge is 0.289 e. The Labute approximate surface area is 154 Å². The molecule has 3 rings (SSSR count). The molecule has 136 valence electrons. The van der Waals surface area contributed by atoms with Crippen molar-refractivity contribution < 1.29 is 0 Å². The number of benzene rings is 1. The molecule has 2 fully saturated rings. The van der Waals surface area contributed by atoms with Crippen molar-refractivity contribution in [2.24, 2.45) is 11.8 Å². The second kappa shape index (κ2) is 8.85. The molecule has 1 saturated carbocycles. The van der Waals surface area contributed by atoms with E-state index in [4.69, 9.17) is 0 Å². The van der Waals surface area contributed by atoms with Crippen molar-refractivity contribution in [3.8, 4) is 0 Å². The van der Waals surface area contributed by atoms with Gasteiger partial charge in [-0.25, -0.2) is 0 Å². The Morgan fingerprint density at radius 1 is 1.20 bits per heavy atom. The lowest BCUT2D eigenvalue weighted by Crippen LogP contribution is -2.48. The normalized spacial score (nSPS) is 29.5. The van der Waals surface area contributed by atoms with E-state index in [1.807, 2.05) is 0 Å². The number of nitrogens with zero attached hydrogens (tertiary/aromatic N) is 1. The van der Waals surface area contributed by atoms with Crippen LogP contribution in [0, 0.1) is 11.8 Å². The maximum atomic E-state index is 4.21. The fraction of sp³-hybridized carbons (Fsp3) is 0.583. The number of likely N-dealkylation sites (tertiary alicyclic amines) is 1. The topological polar surface area (TPSA) is 3.24 Å². The van der Waals surface area contributed by atoms with Crippen LogP contribution in [-0.4, -0.2) is 17.5 Å². The third-order valence-corrected chi connectivity index (χ3v) is 6.46. The molecule has 1 aliphatic heterocycles. The average molecular weight is 338 g/mol. The number of piperidine rings is 1. The first kappa shape index (κ1) is 18.5. The Balaban J connectivity index is 1.81. The third-order valence-electron chi connectivity index (χ3n) is 6.46. The maximum absolute atomic E-state index is 4.21. The summed E-state index contributed by atoms with van der Waals surface area (Å²) in [5.74, 6) is 1.38. The molecule has 4 atom stereocenters. The van der Waals surface area contributed by atoms with Crippen LogP contribution < -0.4 is 0 Å². The van der Waals surface area contributed by atoms with E-state index in [2.05, 4.69) is 67.8 Å². The summed E-state index contributed by atoms with van der Waals surface area (Å²) in [4.78, 5) is 2.79. The molecular weight excluding hydrogens is 302 g/mol. The summed E-state index contributed by atoms with van der Waals surface area (Å²) >= 11 is 0. The van der Waals surface area contributed by atoms with Crippen LogP contribution in [0.15, 0.2) is 54.6 Å². The van der Waals surface area contributed by atoms with E-state index in [1.54, 1.807) is 5.57 Å². The molecule has 1 aromatic carbocycles. The molecule has 1 nitrogen and oxygen atoms in total. The molecule has 25 heavy (non-hydrogen) atoms. The lowest BCUT2D eigenvalue weighted by atomic mass is 9.76. The monoisotopic (exact) mass is 337 g/mol. The van der Waals surface area contributed by atoms with Crippen molar-refractivity contribution in [2.75, 3.05) is 6.54 Å². The third kappa shape index (κ3) is 4.08. The Bertz CT molecular complexity index is 573. The van der Waals surface area contributed by atoms with Crippen LogP contribution in [0.4, 0.5) is 0 Å². The summed E-state index contributed by atoms with van der Waals surface area (Å²) in [7, 11) is 0. The summed E-state index contributed by atoms with van der Waals surface area (Å²) in [5, 5.41) is 0. The van der Waals surface area contributed by atoms with Gasteiger partial charge in [0, 0.05) is 24.5 Å². The zero-order chi connectivity index (χ0) is 17.6. The molecule has 0 unspecified atom stereocenters. The van der Waals surface area contributed by atoms with Crippen molar-refractivity contribution in [2.45, 2.75) is 70.9 Å².